The summed E-state index contributed by atoms with van der Waals surface area (Å²) in [5, 5.41) is 3.01. The van der Waals surface area contributed by atoms with Crippen molar-refractivity contribution in [2.24, 2.45) is 4.99 Å². The Kier molecular flexibility index (Phi) is 3.15. The third kappa shape index (κ3) is 1.87. The van der Waals surface area contributed by atoms with Crippen LogP contribution in [0.3, 0.4) is 0 Å². The minimum atomic E-state index is -4.42. The summed E-state index contributed by atoms with van der Waals surface area (Å²) in [5.74, 6) is 0.613. The third-order valence-electron chi connectivity index (χ3n) is 4.79. The van der Waals surface area contributed by atoms with Crippen molar-refractivity contribution >= 4 is 22.9 Å². The number of likely N-dealkylation sites (N-methyl/N-ethyl adjacent to an activating group) is 1. The maximum atomic E-state index is 14.0. The molecule has 2 aliphatic rings. The number of rotatable bonds is 1. The Labute approximate surface area is 133 Å². The summed E-state index contributed by atoms with van der Waals surface area (Å²) in [7, 11) is 1.62. The lowest BCUT2D eigenvalue weighted by Crippen LogP contribution is -2.43. The van der Waals surface area contributed by atoms with Crippen LogP contribution in [0.1, 0.15) is 31.4 Å². The number of nitrogens with zero attached hydrogens (tertiary/aromatic N) is 2. The lowest BCUT2D eigenvalue weighted by Gasteiger charge is -2.33. The predicted molar refractivity (Wildman–Crippen MR) is 86.9 cm³/mol. The molecule has 3 nitrogen and oxygen atoms in total. The second-order valence-corrected chi connectivity index (χ2v) is 5.95. The highest BCUT2D eigenvalue weighted by Gasteiger charge is 2.61. The molecule has 0 aliphatic carbocycles. The van der Waals surface area contributed by atoms with Gasteiger partial charge in [0.05, 0.1) is 5.69 Å². The highest BCUT2D eigenvalue weighted by atomic mass is 19.4. The molecule has 1 aromatic rings. The van der Waals surface area contributed by atoms with Gasteiger partial charge in [-0.3, -0.25) is 0 Å². The van der Waals surface area contributed by atoms with Crippen molar-refractivity contribution in [3.8, 4) is 0 Å². The molecule has 0 saturated carbocycles. The third-order valence-corrected chi connectivity index (χ3v) is 4.79. The zero-order valence-corrected chi connectivity index (χ0v) is 13.3. The number of nitrogens with one attached hydrogen (secondary N) is 1. The molecule has 0 radical (unpaired) electrons. The topological polar surface area (TPSA) is 27.6 Å². The number of aliphatic imine (C=N–C) groups is 1. The highest BCUT2D eigenvalue weighted by Crippen LogP contribution is 2.58. The maximum absolute atomic E-state index is 14.0. The van der Waals surface area contributed by atoms with Gasteiger partial charge in [-0.15, -0.1) is 0 Å². The minimum absolute atomic E-state index is 0.0455. The second-order valence-electron chi connectivity index (χ2n) is 5.95. The largest absolute Gasteiger partial charge is 0.403 e. The van der Waals surface area contributed by atoms with Crippen molar-refractivity contribution in [3.63, 3.8) is 0 Å². The average molecular weight is 321 g/mol. The van der Waals surface area contributed by atoms with Crippen LogP contribution < -0.4 is 10.2 Å². The SMILES string of the molecule is C=C1NC(C)=Nc2cc3c(cc21)N(C)C(=C)C3(CC)C(F)(F)F. The molecule has 1 aromatic carbocycles. The van der Waals surface area contributed by atoms with Gasteiger partial charge >= 0.3 is 6.18 Å². The van der Waals surface area contributed by atoms with Crippen molar-refractivity contribution in [3.05, 3.63) is 42.1 Å². The fraction of sp³-hybridized carbons (Fsp3) is 0.353. The van der Waals surface area contributed by atoms with Gasteiger partial charge in [0.15, 0.2) is 0 Å². The molecule has 1 N–H and O–H groups in total. The number of hydrogen-bond donors (Lipinski definition) is 1. The van der Waals surface area contributed by atoms with E-state index < -0.39 is 11.6 Å². The molecule has 6 heteroatoms. The molecule has 2 heterocycles. The van der Waals surface area contributed by atoms with Gasteiger partial charge in [-0.25, -0.2) is 4.99 Å². The summed E-state index contributed by atoms with van der Waals surface area (Å²) in [6.45, 7) is 11.0. The molecule has 1 unspecified atom stereocenters. The van der Waals surface area contributed by atoms with Gasteiger partial charge in [0, 0.05) is 29.7 Å². The zero-order chi connectivity index (χ0) is 17.2. The van der Waals surface area contributed by atoms with Crippen molar-refractivity contribution in [2.45, 2.75) is 31.9 Å². The van der Waals surface area contributed by atoms with Gasteiger partial charge in [0.25, 0.3) is 0 Å². The first-order chi connectivity index (χ1) is 10.6. The van der Waals surface area contributed by atoms with Crippen LogP contribution in [0.2, 0.25) is 0 Å². The Morgan fingerprint density at radius 2 is 1.96 bits per heavy atom. The van der Waals surface area contributed by atoms with Gasteiger partial charge < -0.3 is 10.2 Å². The van der Waals surface area contributed by atoms with Crippen molar-refractivity contribution in [2.75, 3.05) is 11.9 Å². The molecule has 3 rings (SSSR count). The van der Waals surface area contributed by atoms with Crippen LogP contribution in [0, 0.1) is 0 Å². The van der Waals surface area contributed by atoms with E-state index in [-0.39, 0.29) is 17.7 Å². The molecule has 0 amide bonds. The average Bonchev–Trinajstić information content (AvgIpc) is 2.65. The van der Waals surface area contributed by atoms with Gasteiger partial charge in [-0.2, -0.15) is 13.2 Å². The lowest BCUT2D eigenvalue weighted by molar-refractivity contribution is -0.178. The minimum Gasteiger partial charge on any atom is -0.347 e. The summed E-state index contributed by atoms with van der Waals surface area (Å²) < 4.78 is 41.9. The van der Waals surface area contributed by atoms with E-state index >= 15 is 0 Å². The van der Waals surface area contributed by atoms with Crippen molar-refractivity contribution < 1.29 is 13.2 Å². The molecule has 0 saturated heterocycles. The molecule has 2 aliphatic heterocycles. The van der Waals surface area contributed by atoms with Gasteiger partial charge in [0.2, 0.25) is 0 Å². The standard InChI is InChI=1S/C17H18F3N3/c1-6-16(17(18,19)20)10(3)23(5)15-7-12-9(2)21-11(4)22-14(12)8-13(15)16/h7-8H,2-3,6H2,1,4-5H3,(H,21,22). The van der Waals surface area contributed by atoms with E-state index in [2.05, 4.69) is 23.5 Å². The number of amidine groups is 1. The van der Waals surface area contributed by atoms with Crippen LogP contribution in [-0.2, 0) is 5.41 Å². The molecule has 0 fully saturated rings. The monoisotopic (exact) mass is 321 g/mol. The van der Waals surface area contributed by atoms with Crippen LogP contribution in [0.15, 0.2) is 36.0 Å². The second kappa shape index (κ2) is 4.63. The zero-order valence-electron chi connectivity index (χ0n) is 13.3. The number of alkyl halides is 3. The van der Waals surface area contributed by atoms with Crippen LogP contribution in [-0.4, -0.2) is 19.1 Å². The normalized spacial score (nSPS) is 23.4. The maximum Gasteiger partial charge on any atom is 0.403 e. The van der Waals surface area contributed by atoms with E-state index in [1.807, 2.05) is 0 Å². The van der Waals surface area contributed by atoms with E-state index in [0.717, 1.165) is 0 Å². The first kappa shape index (κ1) is 15.6. The molecular weight excluding hydrogens is 303 g/mol. The Bertz CT molecular complexity index is 761. The van der Waals surface area contributed by atoms with Crippen LogP contribution in [0.5, 0.6) is 0 Å². The number of allylic oxidation sites excluding steroid dienone is 1. The Morgan fingerprint density at radius 3 is 2.52 bits per heavy atom. The van der Waals surface area contributed by atoms with E-state index in [4.69, 9.17) is 0 Å². The van der Waals surface area contributed by atoms with Crippen LogP contribution in [0.25, 0.3) is 5.70 Å². The number of benzene rings is 1. The number of hydrogen-bond acceptors (Lipinski definition) is 3. The number of fused-ring (bicyclic) bond motifs is 2. The fourth-order valence-electron chi connectivity index (χ4n) is 3.52. The lowest BCUT2D eigenvalue weighted by atomic mass is 9.76. The fourth-order valence-corrected chi connectivity index (χ4v) is 3.52. The van der Waals surface area contributed by atoms with Gasteiger partial charge in [-0.05, 0) is 31.0 Å². The molecule has 23 heavy (non-hydrogen) atoms. The Hall–Kier alpha value is -2.24. The Morgan fingerprint density at radius 1 is 1.30 bits per heavy atom. The summed E-state index contributed by atoms with van der Waals surface area (Å²) in [4.78, 5) is 5.85. The molecule has 122 valence electrons. The molecule has 1 atom stereocenters. The predicted octanol–water partition coefficient (Wildman–Crippen LogP) is 4.48. The van der Waals surface area contributed by atoms with Gasteiger partial charge in [-0.1, -0.05) is 20.1 Å². The molecule has 0 spiro atoms. The molecule has 0 aromatic heterocycles. The first-order valence-corrected chi connectivity index (χ1v) is 7.33. The Balaban J connectivity index is 2.34. The first-order valence-electron chi connectivity index (χ1n) is 7.33. The van der Waals surface area contributed by atoms with Crippen LogP contribution in [0.4, 0.5) is 24.5 Å². The van der Waals surface area contributed by atoms with Crippen molar-refractivity contribution in [1.29, 1.82) is 0 Å². The molecular formula is C17H18F3N3. The van der Waals surface area contributed by atoms with E-state index in [9.17, 15) is 13.2 Å². The summed E-state index contributed by atoms with van der Waals surface area (Å²) >= 11 is 0. The highest BCUT2D eigenvalue weighted by molar-refractivity contribution is 5.97. The summed E-state index contributed by atoms with van der Waals surface area (Å²) in [5.41, 5.74) is 0.551. The van der Waals surface area contributed by atoms with Crippen molar-refractivity contribution in [1.82, 2.24) is 5.32 Å². The summed E-state index contributed by atoms with van der Waals surface area (Å²) in [6.07, 6.45) is -4.53. The van der Waals surface area contributed by atoms with E-state index in [0.29, 0.717) is 28.5 Å². The molecule has 0 bridgehead atoms. The number of halogens is 3. The smallest absolute Gasteiger partial charge is 0.347 e. The summed E-state index contributed by atoms with van der Waals surface area (Å²) in [6, 6.07) is 3.25. The van der Waals surface area contributed by atoms with E-state index in [1.54, 1.807) is 20.0 Å². The van der Waals surface area contributed by atoms with Gasteiger partial charge in [0.1, 0.15) is 11.3 Å². The van der Waals surface area contributed by atoms with Crippen LogP contribution >= 0.6 is 0 Å². The number of anilines is 1. The quantitative estimate of drug-likeness (QED) is 0.825. The van der Waals surface area contributed by atoms with E-state index in [1.165, 1.54) is 17.9 Å².